The van der Waals surface area contributed by atoms with Crippen molar-refractivity contribution >= 4 is 17.7 Å². The molecule has 0 spiro atoms. The van der Waals surface area contributed by atoms with Crippen LogP contribution in [0.5, 0.6) is 0 Å². The second-order valence-electron chi connectivity index (χ2n) is 4.60. The largest absolute Gasteiger partial charge is 0.466 e. The van der Waals surface area contributed by atoms with E-state index >= 15 is 0 Å². The summed E-state index contributed by atoms with van der Waals surface area (Å²) in [6.45, 7) is 7.42. The van der Waals surface area contributed by atoms with Crippen molar-refractivity contribution in [1.29, 1.82) is 0 Å². The quantitative estimate of drug-likeness (QED) is 0.495. The van der Waals surface area contributed by atoms with Crippen LogP contribution in [-0.2, 0) is 9.53 Å². The first-order chi connectivity index (χ1) is 8.26. The van der Waals surface area contributed by atoms with Crippen LogP contribution in [0, 0.1) is 0 Å². The van der Waals surface area contributed by atoms with E-state index in [4.69, 9.17) is 4.74 Å². The number of hydrogen-bond acceptors (Lipinski definition) is 4. The van der Waals surface area contributed by atoms with E-state index < -0.39 is 0 Å². The lowest BCUT2D eigenvalue weighted by Gasteiger charge is -2.26. The van der Waals surface area contributed by atoms with Crippen LogP contribution in [-0.4, -0.2) is 41.7 Å². The molecule has 1 rings (SSSR count). The molecule has 1 heterocycles. The molecule has 1 aliphatic heterocycles. The molecule has 1 aliphatic rings. The van der Waals surface area contributed by atoms with Crippen molar-refractivity contribution in [2.75, 3.05) is 25.6 Å². The van der Waals surface area contributed by atoms with E-state index in [2.05, 4.69) is 18.7 Å². The smallest absolute Gasteiger partial charge is 0.306 e. The molecular weight excluding hydrogens is 234 g/mol. The van der Waals surface area contributed by atoms with Gasteiger partial charge in [0.15, 0.2) is 0 Å². The summed E-state index contributed by atoms with van der Waals surface area (Å²) in [5, 5.41) is 0.470. The number of ether oxygens (including phenoxy) is 1. The number of unbranched alkanes of at least 4 members (excludes halogenated alkanes) is 1. The summed E-state index contributed by atoms with van der Waals surface area (Å²) in [6, 6.07) is 0. The van der Waals surface area contributed by atoms with Crippen molar-refractivity contribution in [1.82, 2.24) is 4.90 Å². The Hall–Kier alpha value is -0.220. The number of carbonyl (C=O) groups excluding carboxylic acids is 1. The van der Waals surface area contributed by atoms with E-state index in [-0.39, 0.29) is 5.97 Å². The van der Waals surface area contributed by atoms with Crippen molar-refractivity contribution in [3.63, 3.8) is 0 Å². The van der Waals surface area contributed by atoms with Crippen molar-refractivity contribution in [3.8, 4) is 0 Å². The number of hydrogen-bond donors (Lipinski definition) is 0. The number of carbonyl (C=O) groups is 1. The molecule has 1 unspecified atom stereocenters. The molecule has 0 saturated carbocycles. The molecule has 0 N–H and O–H groups in total. The van der Waals surface area contributed by atoms with Gasteiger partial charge in [0.2, 0.25) is 0 Å². The van der Waals surface area contributed by atoms with Gasteiger partial charge in [-0.15, -0.1) is 11.8 Å². The Morgan fingerprint density at radius 1 is 1.35 bits per heavy atom. The summed E-state index contributed by atoms with van der Waals surface area (Å²) in [6.07, 6.45) is 5.34. The third-order valence-electron chi connectivity index (χ3n) is 2.96. The molecule has 0 aromatic carbocycles. The Labute approximate surface area is 109 Å². The summed E-state index contributed by atoms with van der Waals surface area (Å²) >= 11 is 1.92. The zero-order valence-electron chi connectivity index (χ0n) is 11.1. The zero-order valence-corrected chi connectivity index (χ0v) is 11.9. The molecule has 3 nitrogen and oxygen atoms in total. The van der Waals surface area contributed by atoms with E-state index in [1.807, 2.05) is 11.8 Å². The summed E-state index contributed by atoms with van der Waals surface area (Å²) in [5.41, 5.74) is 0. The highest BCUT2D eigenvalue weighted by molar-refractivity contribution is 7.99. The van der Waals surface area contributed by atoms with Crippen LogP contribution in [0.1, 0.15) is 46.0 Å². The Kier molecular flexibility index (Phi) is 7.69. The highest BCUT2D eigenvalue weighted by Gasteiger charge is 2.21. The lowest BCUT2D eigenvalue weighted by atomic mass is 10.2. The first-order valence-corrected chi connectivity index (χ1v) is 7.80. The summed E-state index contributed by atoms with van der Waals surface area (Å²) < 4.78 is 4.96. The standard InChI is InChI=1S/C13H25NO2S/c1-3-5-8-14(7-4-2)11-17-12-6-9-16-13(15)10-12/h12H,3-11H2,1-2H3. The lowest BCUT2D eigenvalue weighted by Crippen LogP contribution is -2.29. The molecule has 1 atom stereocenters. The van der Waals surface area contributed by atoms with Gasteiger partial charge in [-0.1, -0.05) is 20.3 Å². The normalized spacial score (nSPS) is 20.6. The fourth-order valence-corrected chi connectivity index (χ4v) is 3.14. The van der Waals surface area contributed by atoms with Crippen molar-refractivity contribution in [2.45, 2.75) is 51.2 Å². The minimum absolute atomic E-state index is 0.0238. The Morgan fingerprint density at radius 2 is 2.18 bits per heavy atom. The second-order valence-corrected chi connectivity index (χ2v) is 5.86. The molecule has 0 aromatic rings. The van der Waals surface area contributed by atoms with E-state index in [1.54, 1.807) is 0 Å². The number of thioether (sulfide) groups is 1. The Balaban J connectivity index is 2.22. The molecule has 0 bridgehead atoms. The zero-order chi connectivity index (χ0) is 12.5. The molecular formula is C13H25NO2S. The molecule has 4 heteroatoms. The molecule has 0 radical (unpaired) electrons. The average Bonchev–Trinajstić information content (AvgIpc) is 2.33. The molecule has 1 saturated heterocycles. The summed E-state index contributed by atoms with van der Waals surface area (Å²) in [5.74, 6) is 1.04. The second kappa shape index (κ2) is 8.81. The average molecular weight is 259 g/mol. The number of rotatable bonds is 8. The van der Waals surface area contributed by atoms with Gasteiger partial charge in [0.05, 0.1) is 13.0 Å². The fraction of sp³-hybridized carbons (Fsp3) is 0.923. The Morgan fingerprint density at radius 3 is 2.82 bits per heavy atom. The van der Waals surface area contributed by atoms with E-state index in [0.717, 1.165) is 12.3 Å². The predicted molar refractivity (Wildman–Crippen MR) is 73.2 cm³/mol. The van der Waals surface area contributed by atoms with Crippen LogP contribution in [0.4, 0.5) is 0 Å². The van der Waals surface area contributed by atoms with Crippen molar-refractivity contribution in [3.05, 3.63) is 0 Å². The van der Waals surface area contributed by atoms with E-state index in [1.165, 1.54) is 32.4 Å². The first kappa shape index (κ1) is 14.8. The van der Waals surface area contributed by atoms with Gasteiger partial charge in [-0.05, 0) is 32.4 Å². The minimum atomic E-state index is -0.0238. The SMILES string of the molecule is CCCCN(CCC)CSC1CCOC(=O)C1. The topological polar surface area (TPSA) is 29.5 Å². The van der Waals surface area contributed by atoms with E-state index in [0.29, 0.717) is 18.3 Å². The van der Waals surface area contributed by atoms with Crippen LogP contribution < -0.4 is 0 Å². The van der Waals surface area contributed by atoms with Crippen LogP contribution in [0.2, 0.25) is 0 Å². The first-order valence-electron chi connectivity index (χ1n) is 6.75. The maximum Gasteiger partial charge on any atom is 0.306 e. The molecule has 100 valence electrons. The highest BCUT2D eigenvalue weighted by atomic mass is 32.2. The van der Waals surface area contributed by atoms with Gasteiger partial charge in [-0.3, -0.25) is 9.69 Å². The highest BCUT2D eigenvalue weighted by Crippen LogP contribution is 2.23. The van der Waals surface area contributed by atoms with Gasteiger partial charge >= 0.3 is 5.97 Å². The maximum absolute atomic E-state index is 11.2. The third kappa shape index (κ3) is 6.32. The van der Waals surface area contributed by atoms with Gasteiger partial charge in [-0.25, -0.2) is 0 Å². The van der Waals surface area contributed by atoms with Crippen molar-refractivity contribution < 1.29 is 9.53 Å². The van der Waals surface area contributed by atoms with Gasteiger partial charge in [0, 0.05) is 11.1 Å². The number of cyclic esters (lactones) is 1. The maximum atomic E-state index is 11.2. The predicted octanol–water partition coefficient (Wildman–Crippen LogP) is 2.89. The summed E-state index contributed by atoms with van der Waals surface area (Å²) in [4.78, 5) is 13.7. The van der Waals surface area contributed by atoms with E-state index in [9.17, 15) is 4.79 Å². The van der Waals surface area contributed by atoms with Crippen LogP contribution in [0.25, 0.3) is 0 Å². The van der Waals surface area contributed by atoms with Gasteiger partial charge < -0.3 is 4.74 Å². The van der Waals surface area contributed by atoms with Crippen LogP contribution in [0.15, 0.2) is 0 Å². The molecule has 0 amide bonds. The molecule has 0 aliphatic carbocycles. The molecule has 0 aromatic heterocycles. The van der Waals surface area contributed by atoms with Crippen LogP contribution >= 0.6 is 11.8 Å². The van der Waals surface area contributed by atoms with Crippen molar-refractivity contribution in [2.24, 2.45) is 0 Å². The third-order valence-corrected chi connectivity index (χ3v) is 4.35. The van der Waals surface area contributed by atoms with Crippen LogP contribution in [0.3, 0.4) is 0 Å². The fourth-order valence-electron chi connectivity index (χ4n) is 1.94. The minimum Gasteiger partial charge on any atom is -0.466 e. The molecule has 1 fully saturated rings. The lowest BCUT2D eigenvalue weighted by molar-refractivity contribution is -0.146. The molecule has 17 heavy (non-hydrogen) atoms. The summed E-state index contributed by atoms with van der Waals surface area (Å²) in [7, 11) is 0. The Bertz CT molecular complexity index is 223. The van der Waals surface area contributed by atoms with Gasteiger partial charge in [-0.2, -0.15) is 0 Å². The monoisotopic (exact) mass is 259 g/mol. The van der Waals surface area contributed by atoms with Gasteiger partial charge in [0.1, 0.15) is 0 Å². The van der Waals surface area contributed by atoms with Gasteiger partial charge in [0.25, 0.3) is 0 Å². The number of nitrogens with zero attached hydrogens (tertiary/aromatic N) is 1. The number of esters is 1.